The van der Waals surface area contributed by atoms with Gasteiger partial charge in [-0.25, -0.2) is 28.7 Å². The normalized spacial score (nSPS) is 12.2. The molecule has 0 bridgehead atoms. The van der Waals surface area contributed by atoms with Crippen LogP contribution in [-0.2, 0) is 0 Å². The number of imidazole rings is 6. The minimum atomic E-state index is -3.17. The van der Waals surface area contributed by atoms with Gasteiger partial charge in [0.15, 0.2) is 35.9 Å². The Morgan fingerprint density at radius 1 is 0.141 bits per heavy atom. The third-order valence-electron chi connectivity index (χ3n) is 28.9. The first-order chi connectivity index (χ1) is 70.4. The van der Waals surface area contributed by atoms with E-state index in [0.29, 0.717) is 52.8 Å². The molecule has 0 unspecified atom stereocenters. The third-order valence-corrected chi connectivity index (χ3v) is 43.3. The molecule has 0 fully saturated rings. The number of benzene rings is 19. The Labute approximate surface area is 817 Å². The summed E-state index contributed by atoms with van der Waals surface area (Å²) in [4.78, 5) is 50.8. The molecule has 0 saturated carbocycles. The van der Waals surface area contributed by atoms with Gasteiger partial charge in [0.05, 0.1) is 77.2 Å². The van der Waals surface area contributed by atoms with E-state index in [0.717, 1.165) is 110 Å². The fourth-order valence-corrected chi connectivity index (χ4v) is 37.1. The third kappa shape index (κ3) is 12.5. The Kier molecular flexibility index (Phi) is 18.9. The summed E-state index contributed by atoms with van der Waals surface area (Å²) in [5.74, 6) is 4.60. The molecule has 0 radical (unpaired) electrons. The maximum Gasteiger partial charge on any atom is 0.242 e. The van der Waals surface area contributed by atoms with Crippen LogP contribution in [0.1, 0.15) is 0 Å². The van der Waals surface area contributed by atoms with Gasteiger partial charge >= 0.3 is 0 Å². The van der Waals surface area contributed by atoms with E-state index in [-0.39, 0.29) is 0 Å². The van der Waals surface area contributed by atoms with Crippen LogP contribution in [0.3, 0.4) is 0 Å². The van der Waals surface area contributed by atoms with Crippen LogP contribution >= 0.6 is 0 Å². The summed E-state index contributed by atoms with van der Waals surface area (Å²) >= 11 is 0. The van der Waals surface area contributed by atoms with Gasteiger partial charge in [-0.1, -0.05) is 406 Å². The van der Waals surface area contributed by atoms with Gasteiger partial charge in [-0.05, 0) is 164 Å². The van der Waals surface area contributed by atoms with Crippen molar-refractivity contribution in [3.63, 3.8) is 0 Å². The summed E-state index contributed by atoms with van der Waals surface area (Å²) < 4.78 is 15.5. The zero-order valence-corrected chi connectivity index (χ0v) is 79.5. The maximum absolute atomic E-state index is 5.83. The fourth-order valence-electron chi connectivity index (χ4n) is 22.8. The van der Waals surface area contributed by atoms with E-state index < -0.39 is 24.2 Å². The molecule has 0 amide bonds. The zero-order chi connectivity index (χ0) is 93.6. The van der Waals surface area contributed by atoms with E-state index in [1.54, 1.807) is 0 Å². The second-order valence-corrected chi connectivity index (χ2v) is 47.8. The first-order valence-electron chi connectivity index (χ1n) is 47.9. The first-order valence-corrected chi connectivity index (χ1v) is 53.9. The van der Waals surface area contributed by atoms with Crippen molar-refractivity contribution in [2.45, 2.75) is 0 Å². The molecule has 0 aliphatic heterocycles. The molecule has 0 saturated heterocycles. The number of fused-ring (bicyclic) bond motifs is 18. The van der Waals surface area contributed by atoms with E-state index in [9.17, 15) is 0 Å². The molecule has 19 heteroatoms. The lowest BCUT2D eigenvalue weighted by Crippen LogP contribution is -2.74. The van der Waals surface area contributed by atoms with Gasteiger partial charge in [-0.2, -0.15) is 29.9 Å². The summed E-state index contributed by atoms with van der Waals surface area (Å²) in [6.07, 6.45) is 0. The summed E-state index contributed by atoms with van der Waals surface area (Å²) in [7, 11) is -9.24. The van der Waals surface area contributed by atoms with Gasteiger partial charge in [-0.15, -0.1) is 0 Å². The van der Waals surface area contributed by atoms with E-state index in [1.165, 1.54) is 62.2 Å². The van der Waals surface area contributed by atoms with Crippen LogP contribution in [-0.4, -0.2) is 101 Å². The monoisotopic (exact) mass is 1870 g/mol. The van der Waals surface area contributed by atoms with E-state index >= 15 is 0 Å². The van der Waals surface area contributed by atoms with Crippen LogP contribution in [0.25, 0.3) is 163 Å². The second-order valence-electron chi connectivity index (χ2n) is 36.4. The van der Waals surface area contributed by atoms with Crippen molar-refractivity contribution in [3.05, 3.63) is 497 Å². The molecule has 142 heavy (non-hydrogen) atoms. The minimum absolute atomic E-state index is 0.380. The molecular weight excluding hydrogens is 1790 g/mol. The standard InChI is InChI=1S/C123H82N16Si3/c1-12-40-83(41-13-1)115-127-117(131-118(128-115)137-110-67-39-37-65-108(110)135-112-80-96(70-73-101(112)124-121(135)137)140(87-44-16-3-17-45-87,88-46-18-4-19-47-88)89-48-20-5-21-49-89)133-104-63-35-34-62-99(104)100-78-85(68-75-105(100)133)86-69-76-106-103(79-86)126-123-134(106)107-64-36-38-66-109(107)138(123)119-129-116(84-42-14-2-15-43-84)130-120(132-119)139-111-77-72-98(142(93-56-28-9-29-57-93,94-58-30-10-31-59-94)95-60-32-11-33-61-95)82-114(111)136-113-81-97(71-74-102(113)125-122(136)139)141(90-50-22-6-23-51-90,91-52-24-7-25-53-91)92-54-26-8-27-55-92/h1-82H. The topological polar surface area (TPSA) is 149 Å². The first kappa shape index (κ1) is 81.8. The molecule has 9 heterocycles. The SMILES string of the molecule is c1ccc(-c2nc(-n3c4ccccc4c4cc(-c5ccc6c(c5)nc5n(-c7nc(-c8ccccc8)nc(-n8c9ccc([Si](c%10ccccc%10)(c%10ccccc%10)c%10ccccc%10)cc9n9c%10cc([Si](c%11ccccc%11)(c%11ccccc%11)c%11ccccc%11)ccc%10nc89)n7)c7ccccc7n65)ccc43)nc(-n3c4ccccc4n4c5cc([Si](c6ccccc6)(c6ccccc6)c6ccccc6)ccc5nc34)n2)cc1. The van der Waals surface area contributed by atoms with Crippen LogP contribution in [0.5, 0.6) is 0 Å². The predicted molar refractivity (Wildman–Crippen MR) is 584 cm³/mol. The van der Waals surface area contributed by atoms with E-state index in [2.05, 4.69) is 493 Å². The van der Waals surface area contributed by atoms with Gasteiger partial charge in [0.25, 0.3) is 0 Å². The molecule has 0 N–H and O–H groups in total. The van der Waals surface area contributed by atoms with Crippen molar-refractivity contribution in [2.75, 3.05) is 0 Å². The maximum atomic E-state index is 5.83. The molecule has 28 rings (SSSR count). The predicted octanol–water partition coefficient (Wildman–Crippen LogP) is 18.5. The molecule has 0 aliphatic carbocycles. The van der Waals surface area contributed by atoms with Crippen LogP contribution < -0.4 is 62.2 Å². The quantitative estimate of drug-likeness (QED) is 0.0570. The lowest BCUT2D eigenvalue weighted by atomic mass is 10.0. The van der Waals surface area contributed by atoms with E-state index in [4.69, 9.17) is 44.9 Å². The highest BCUT2D eigenvalue weighted by molar-refractivity contribution is 7.21. The molecule has 16 nitrogen and oxygen atoms in total. The second kappa shape index (κ2) is 32.9. The number of hydrogen-bond acceptors (Lipinski definition) is 9. The molecule has 666 valence electrons. The van der Waals surface area contributed by atoms with Crippen LogP contribution in [0.4, 0.5) is 0 Å². The van der Waals surface area contributed by atoms with E-state index in [1.807, 2.05) is 36.4 Å². The molecule has 9 aromatic heterocycles. The average molecular weight is 1870 g/mol. The number of aromatic nitrogens is 16. The highest BCUT2D eigenvalue weighted by Gasteiger charge is 2.46. The van der Waals surface area contributed by atoms with Crippen LogP contribution in [0, 0.1) is 0 Å². The van der Waals surface area contributed by atoms with Crippen molar-refractivity contribution < 1.29 is 0 Å². The molecule has 28 aromatic rings. The van der Waals surface area contributed by atoms with Crippen molar-refractivity contribution in [1.82, 2.24) is 76.3 Å². The molecular formula is C123H82N16Si3. The number of para-hydroxylation sites is 5. The van der Waals surface area contributed by atoms with Crippen LogP contribution in [0.2, 0.25) is 0 Å². The van der Waals surface area contributed by atoms with Gasteiger partial charge in [-0.3, -0.25) is 17.8 Å². The summed E-state index contributed by atoms with van der Waals surface area (Å²) in [6, 6.07) is 180. The Hall–Kier alpha value is -18.5. The average Bonchev–Trinajstić information content (AvgIpc) is 1.53. The highest BCUT2D eigenvalue weighted by Crippen LogP contribution is 2.40. The van der Waals surface area contributed by atoms with Gasteiger partial charge in [0.2, 0.25) is 41.1 Å². The number of hydrogen-bond donors (Lipinski definition) is 0. The summed E-state index contributed by atoms with van der Waals surface area (Å²) in [6.45, 7) is 0. The van der Waals surface area contributed by atoms with Crippen molar-refractivity contribution in [2.24, 2.45) is 0 Å². The number of rotatable bonds is 19. The molecule has 19 aromatic carbocycles. The van der Waals surface area contributed by atoms with Gasteiger partial charge in [0, 0.05) is 21.9 Å². The number of nitrogens with zero attached hydrogens (tertiary/aromatic N) is 16. The van der Waals surface area contributed by atoms with Gasteiger partial charge < -0.3 is 0 Å². The Bertz CT molecular complexity index is 9500. The molecule has 0 aliphatic rings. The summed E-state index contributed by atoms with van der Waals surface area (Å²) in [5.41, 5.74) is 16.3. The molecule has 0 spiro atoms. The zero-order valence-electron chi connectivity index (χ0n) is 76.5. The fraction of sp³-hybridized carbons (Fsp3) is 0. The highest BCUT2D eigenvalue weighted by atomic mass is 28.3. The van der Waals surface area contributed by atoms with Crippen molar-refractivity contribution in [3.8, 4) is 57.7 Å². The Balaban J connectivity index is 0.612. The minimum Gasteiger partial charge on any atom is -0.278 e. The lowest BCUT2D eigenvalue weighted by molar-refractivity contribution is 0.877. The smallest absolute Gasteiger partial charge is 0.242 e. The lowest BCUT2D eigenvalue weighted by Gasteiger charge is -2.34. The van der Waals surface area contributed by atoms with Crippen LogP contribution in [0.15, 0.2) is 497 Å². The van der Waals surface area contributed by atoms with Crippen molar-refractivity contribution in [1.29, 1.82) is 0 Å². The Morgan fingerprint density at radius 2 is 0.401 bits per heavy atom. The largest absolute Gasteiger partial charge is 0.278 e. The van der Waals surface area contributed by atoms with Gasteiger partial charge in [0.1, 0.15) is 0 Å². The Morgan fingerprint density at radius 3 is 0.775 bits per heavy atom. The summed E-state index contributed by atoms with van der Waals surface area (Å²) in [5, 5.41) is 17.2. The van der Waals surface area contributed by atoms with Crippen molar-refractivity contribution >= 4 is 192 Å². The molecule has 0 atom stereocenters.